The predicted molar refractivity (Wildman–Crippen MR) is 218 cm³/mol. The SMILES string of the molecule is CC(C)(C)c1cccc(/C=N/C2=Cc3cc(/N=C/c4cccc(C(C)(C)C)c4O)cc4cc(/N=C/c5cccc(C(C)(C)C)c5O)cc(c34)C2)c1O. The smallest absolute Gasteiger partial charge is 0.128 e. The zero-order chi connectivity index (χ0) is 37.6. The van der Waals surface area contributed by atoms with Gasteiger partial charge in [-0.25, -0.2) is 0 Å². The van der Waals surface area contributed by atoms with Crippen LogP contribution in [0.1, 0.15) is 107 Å². The number of aliphatic imine (C=N–C) groups is 3. The fourth-order valence-corrected chi connectivity index (χ4v) is 6.77. The molecule has 0 unspecified atom stereocenters. The third-order valence-electron chi connectivity index (χ3n) is 9.53. The number of hydrogen-bond acceptors (Lipinski definition) is 6. The maximum absolute atomic E-state index is 11.1. The highest BCUT2D eigenvalue weighted by Gasteiger charge is 2.22. The van der Waals surface area contributed by atoms with Crippen molar-refractivity contribution in [2.45, 2.75) is 85.0 Å². The molecule has 1 aliphatic carbocycles. The molecule has 5 aromatic carbocycles. The van der Waals surface area contributed by atoms with Gasteiger partial charge in [0.1, 0.15) is 17.2 Å². The summed E-state index contributed by atoms with van der Waals surface area (Å²) < 4.78 is 0. The number of nitrogens with zero attached hydrogens (tertiary/aromatic N) is 3. The van der Waals surface area contributed by atoms with Crippen molar-refractivity contribution in [2.75, 3.05) is 0 Å². The molecule has 0 saturated carbocycles. The molecule has 5 aromatic rings. The minimum atomic E-state index is -0.216. The molecule has 6 heteroatoms. The first-order valence-corrected chi connectivity index (χ1v) is 17.8. The summed E-state index contributed by atoms with van der Waals surface area (Å²) in [5, 5.41) is 35.4. The molecule has 0 aromatic heterocycles. The highest BCUT2D eigenvalue weighted by atomic mass is 16.3. The van der Waals surface area contributed by atoms with E-state index < -0.39 is 0 Å². The van der Waals surface area contributed by atoms with Gasteiger partial charge < -0.3 is 15.3 Å². The lowest BCUT2D eigenvalue weighted by molar-refractivity contribution is 0.445. The minimum Gasteiger partial charge on any atom is -0.507 e. The Balaban J connectivity index is 1.44. The van der Waals surface area contributed by atoms with Gasteiger partial charge in [-0.2, -0.15) is 0 Å². The normalized spacial score (nSPS) is 13.9. The average Bonchev–Trinajstić information content (AvgIpc) is 3.05. The molecule has 0 saturated heterocycles. The Bertz CT molecular complexity index is 2300. The van der Waals surface area contributed by atoms with Gasteiger partial charge in [-0.3, -0.25) is 15.0 Å². The van der Waals surface area contributed by atoms with Gasteiger partial charge in [0.25, 0.3) is 0 Å². The quantitative estimate of drug-likeness (QED) is 0.155. The van der Waals surface area contributed by atoms with Crippen molar-refractivity contribution in [3.63, 3.8) is 0 Å². The number of allylic oxidation sites excluding steroid dienone is 1. The van der Waals surface area contributed by atoms with Gasteiger partial charge in [0.2, 0.25) is 0 Å². The highest BCUT2D eigenvalue weighted by molar-refractivity contribution is 6.01. The maximum Gasteiger partial charge on any atom is 0.128 e. The largest absolute Gasteiger partial charge is 0.507 e. The van der Waals surface area contributed by atoms with E-state index in [4.69, 9.17) is 15.0 Å². The molecule has 0 aliphatic heterocycles. The summed E-state index contributed by atoms with van der Waals surface area (Å²) in [6.07, 6.45) is 7.81. The Morgan fingerprint density at radius 1 is 0.519 bits per heavy atom. The molecule has 0 atom stereocenters. The van der Waals surface area contributed by atoms with Crippen LogP contribution in [0.3, 0.4) is 0 Å². The molecule has 0 amide bonds. The Kier molecular flexibility index (Phi) is 9.47. The number of benzene rings is 5. The van der Waals surface area contributed by atoms with Crippen molar-refractivity contribution >= 4 is 46.9 Å². The van der Waals surface area contributed by atoms with Gasteiger partial charge in [0, 0.05) is 47.5 Å². The zero-order valence-electron chi connectivity index (χ0n) is 31.7. The molecule has 52 heavy (non-hydrogen) atoms. The maximum atomic E-state index is 11.1. The van der Waals surface area contributed by atoms with E-state index >= 15 is 0 Å². The average molecular weight is 692 g/mol. The van der Waals surface area contributed by atoms with Crippen LogP contribution in [-0.2, 0) is 22.7 Å². The summed E-state index contributed by atoms with van der Waals surface area (Å²) in [7, 11) is 0. The van der Waals surface area contributed by atoms with E-state index in [1.165, 1.54) is 0 Å². The minimum absolute atomic E-state index is 0.212. The van der Waals surface area contributed by atoms with Crippen molar-refractivity contribution in [1.29, 1.82) is 0 Å². The Labute approximate surface area is 307 Å². The molecule has 0 heterocycles. The van der Waals surface area contributed by atoms with Crippen LogP contribution in [0.15, 0.2) is 99.5 Å². The molecule has 0 fully saturated rings. The second-order valence-corrected chi connectivity index (χ2v) is 16.8. The topological polar surface area (TPSA) is 97.8 Å². The van der Waals surface area contributed by atoms with E-state index in [0.29, 0.717) is 23.1 Å². The first-order valence-electron chi connectivity index (χ1n) is 17.8. The standard InChI is InChI=1S/C46H49N3O3/c1-44(2,3)37-16-10-13-28(41(37)50)25-47-34-19-31-21-35(48-26-29-14-11-17-38(42(29)51)45(4,5)6)23-33-24-36(22-32(20-34)40(31)33)49-27-30-15-12-18-39(43(30)52)46(7,8)9/h10-23,25-27,50-52H,24H2,1-9H3/b47-25+,48-26+,49-27+. The lowest BCUT2D eigenvalue weighted by atomic mass is 9.85. The molecule has 0 radical (unpaired) electrons. The van der Waals surface area contributed by atoms with Crippen molar-refractivity contribution in [3.8, 4) is 17.2 Å². The van der Waals surface area contributed by atoms with Crippen molar-refractivity contribution in [1.82, 2.24) is 0 Å². The van der Waals surface area contributed by atoms with E-state index in [1.54, 1.807) is 18.6 Å². The van der Waals surface area contributed by atoms with Crippen LogP contribution < -0.4 is 0 Å². The van der Waals surface area contributed by atoms with Crippen LogP contribution in [0.2, 0.25) is 0 Å². The van der Waals surface area contributed by atoms with E-state index in [2.05, 4.69) is 74.5 Å². The van der Waals surface area contributed by atoms with Gasteiger partial charge in [-0.05, 0) is 103 Å². The number of hydrogen-bond donors (Lipinski definition) is 3. The van der Waals surface area contributed by atoms with E-state index in [0.717, 1.165) is 55.7 Å². The first-order chi connectivity index (χ1) is 24.4. The number of phenols is 3. The number of aromatic hydroxyl groups is 3. The number of para-hydroxylation sites is 3. The Hall–Kier alpha value is -5.49. The van der Waals surface area contributed by atoms with Crippen molar-refractivity contribution in [3.05, 3.63) is 129 Å². The molecule has 6 nitrogen and oxygen atoms in total. The second-order valence-electron chi connectivity index (χ2n) is 16.8. The molecular weight excluding hydrogens is 643 g/mol. The molecule has 266 valence electrons. The summed E-state index contributed by atoms with van der Waals surface area (Å²) in [6, 6.07) is 25.5. The number of phenolic OH excluding ortho intramolecular Hbond substituents is 3. The van der Waals surface area contributed by atoms with Crippen LogP contribution in [0.4, 0.5) is 11.4 Å². The summed E-state index contributed by atoms with van der Waals surface area (Å²) >= 11 is 0. The van der Waals surface area contributed by atoms with Gasteiger partial charge in [0.05, 0.1) is 11.4 Å². The third kappa shape index (κ3) is 7.57. The predicted octanol–water partition coefficient (Wildman–Crippen LogP) is 11.4. The molecule has 6 rings (SSSR count). The molecule has 3 N–H and O–H groups in total. The zero-order valence-corrected chi connectivity index (χ0v) is 31.7. The van der Waals surface area contributed by atoms with E-state index in [1.807, 2.05) is 72.8 Å². The van der Waals surface area contributed by atoms with Gasteiger partial charge in [-0.15, -0.1) is 0 Å². The fraction of sp³-hybridized carbons (Fsp3) is 0.283. The van der Waals surface area contributed by atoms with Gasteiger partial charge >= 0.3 is 0 Å². The molecule has 1 aliphatic rings. The molecule has 0 spiro atoms. The first kappa shape index (κ1) is 36.3. The second kappa shape index (κ2) is 13.6. The van der Waals surface area contributed by atoms with E-state index in [9.17, 15) is 15.3 Å². The van der Waals surface area contributed by atoms with Gasteiger partial charge in [-0.1, -0.05) is 98.7 Å². The van der Waals surface area contributed by atoms with E-state index in [-0.39, 0.29) is 33.5 Å². The molecule has 0 bridgehead atoms. The third-order valence-corrected chi connectivity index (χ3v) is 9.53. The summed E-state index contributed by atoms with van der Waals surface area (Å²) in [6.45, 7) is 18.7. The van der Waals surface area contributed by atoms with Gasteiger partial charge in [0.15, 0.2) is 0 Å². The van der Waals surface area contributed by atoms with Crippen LogP contribution >= 0.6 is 0 Å². The van der Waals surface area contributed by atoms with Crippen molar-refractivity contribution < 1.29 is 15.3 Å². The van der Waals surface area contributed by atoms with Crippen LogP contribution in [0, 0.1) is 0 Å². The summed E-state index contributed by atoms with van der Waals surface area (Å²) in [5.74, 6) is 0.703. The van der Waals surface area contributed by atoms with Crippen LogP contribution in [0.5, 0.6) is 17.2 Å². The number of rotatable bonds is 6. The summed E-state index contributed by atoms with van der Waals surface area (Å²) in [5.41, 5.74) is 8.26. The summed E-state index contributed by atoms with van der Waals surface area (Å²) in [4.78, 5) is 14.6. The lowest BCUT2D eigenvalue weighted by Crippen LogP contribution is -2.11. The fourth-order valence-electron chi connectivity index (χ4n) is 6.77. The van der Waals surface area contributed by atoms with Crippen LogP contribution in [-0.4, -0.2) is 34.0 Å². The Morgan fingerprint density at radius 2 is 0.923 bits per heavy atom. The Morgan fingerprint density at radius 3 is 1.35 bits per heavy atom. The van der Waals surface area contributed by atoms with Crippen molar-refractivity contribution in [2.24, 2.45) is 15.0 Å². The highest BCUT2D eigenvalue weighted by Crippen LogP contribution is 2.40. The van der Waals surface area contributed by atoms with Crippen LogP contribution in [0.25, 0.3) is 16.8 Å². The monoisotopic (exact) mass is 691 g/mol. The lowest BCUT2D eigenvalue weighted by Gasteiger charge is -2.21. The molecular formula is C46H49N3O3.